The fourth-order valence-corrected chi connectivity index (χ4v) is 2.42. The van der Waals surface area contributed by atoms with E-state index in [1.165, 1.54) is 10.8 Å². The molecule has 1 aromatic rings. The largest absolute Gasteiger partial charge is 0.392 e. The third kappa shape index (κ3) is 2.73. The smallest absolute Gasteiger partial charge is 0.351 e. The number of hydrogen-bond acceptors (Lipinski definition) is 6. The topological polar surface area (TPSA) is 111 Å². The molecule has 3 atom stereocenters. The summed E-state index contributed by atoms with van der Waals surface area (Å²) in [5.74, 6) is 2.32. The van der Waals surface area contributed by atoms with E-state index in [-0.39, 0.29) is 12.2 Å². The third-order valence-corrected chi connectivity index (χ3v) is 3.62. The summed E-state index contributed by atoms with van der Waals surface area (Å²) in [4.78, 5) is 17.2. The van der Waals surface area contributed by atoms with Gasteiger partial charge in [-0.05, 0) is 11.1 Å². The van der Waals surface area contributed by atoms with Crippen molar-refractivity contribution in [2.24, 2.45) is 0 Å². The van der Waals surface area contributed by atoms with E-state index in [9.17, 15) is 15.0 Å². The Morgan fingerprint density at radius 3 is 3.00 bits per heavy atom. The first-order valence-corrected chi connectivity index (χ1v) is 6.99. The monoisotopic (exact) mass is 355 g/mol. The van der Waals surface area contributed by atoms with Gasteiger partial charge >= 0.3 is 5.69 Å². The Hall–Kier alpha value is -1.66. The molecule has 0 aromatic carbocycles. The molecule has 21 heavy (non-hydrogen) atoms. The highest BCUT2D eigenvalue weighted by atomic mass is 79.9. The molecule has 0 bridgehead atoms. The number of nitrogens with zero attached hydrogens (tertiary/aromatic N) is 2. The van der Waals surface area contributed by atoms with Crippen LogP contribution < -0.4 is 11.4 Å². The molecule has 1 saturated heterocycles. The molecule has 1 aliphatic rings. The van der Waals surface area contributed by atoms with Crippen LogP contribution in [-0.4, -0.2) is 38.1 Å². The van der Waals surface area contributed by atoms with Gasteiger partial charge < -0.3 is 20.7 Å². The SMILES string of the molecule is C#C[C@]1(CO)O[C@@H](n2cc(C=CBr)c(N)nc2=O)CC1O. The highest BCUT2D eigenvalue weighted by Gasteiger charge is 2.47. The van der Waals surface area contributed by atoms with E-state index >= 15 is 0 Å². The second-order valence-corrected chi connectivity index (χ2v) is 5.11. The van der Waals surface area contributed by atoms with Gasteiger partial charge in [-0.1, -0.05) is 21.9 Å². The van der Waals surface area contributed by atoms with Gasteiger partial charge in [-0.15, -0.1) is 6.42 Å². The number of nitrogen functional groups attached to an aromatic ring is 1. The molecule has 2 heterocycles. The van der Waals surface area contributed by atoms with E-state index in [4.69, 9.17) is 16.9 Å². The maximum absolute atomic E-state index is 11.9. The van der Waals surface area contributed by atoms with Crippen molar-refractivity contribution < 1.29 is 14.9 Å². The van der Waals surface area contributed by atoms with Crippen molar-refractivity contribution in [3.05, 3.63) is 27.2 Å². The van der Waals surface area contributed by atoms with Crippen molar-refractivity contribution in [2.45, 2.75) is 24.4 Å². The van der Waals surface area contributed by atoms with Crippen LogP contribution in [0.3, 0.4) is 0 Å². The molecular formula is C13H14BrN3O4. The van der Waals surface area contributed by atoms with E-state index < -0.39 is 30.2 Å². The lowest BCUT2D eigenvalue weighted by Gasteiger charge is -2.24. The summed E-state index contributed by atoms with van der Waals surface area (Å²) in [6.07, 6.45) is 6.54. The normalized spacial score (nSPS) is 28.9. The molecular weight excluding hydrogens is 342 g/mol. The van der Waals surface area contributed by atoms with Gasteiger partial charge in [0.15, 0.2) is 5.60 Å². The number of aromatic nitrogens is 2. The maximum Gasteiger partial charge on any atom is 0.351 e. The van der Waals surface area contributed by atoms with Crippen LogP contribution in [0, 0.1) is 12.3 Å². The lowest BCUT2D eigenvalue weighted by atomic mass is 9.99. The Bertz CT molecular complexity index is 666. The van der Waals surface area contributed by atoms with Crippen LogP contribution in [0.2, 0.25) is 0 Å². The zero-order valence-electron chi connectivity index (χ0n) is 10.9. The molecule has 1 fully saturated rings. The van der Waals surface area contributed by atoms with Crippen molar-refractivity contribution in [3.8, 4) is 12.3 Å². The van der Waals surface area contributed by atoms with Crippen LogP contribution in [0.25, 0.3) is 6.08 Å². The molecule has 1 unspecified atom stereocenters. The van der Waals surface area contributed by atoms with E-state index in [2.05, 4.69) is 26.8 Å². The second kappa shape index (κ2) is 5.99. The lowest BCUT2D eigenvalue weighted by molar-refractivity contribution is -0.0912. The number of halogens is 1. The number of terminal acetylenes is 1. The summed E-state index contributed by atoms with van der Waals surface area (Å²) < 4.78 is 6.70. The fraction of sp³-hybridized carbons (Fsp3) is 0.385. The van der Waals surface area contributed by atoms with Gasteiger partial charge in [-0.2, -0.15) is 4.98 Å². The first kappa shape index (κ1) is 15.7. The summed E-state index contributed by atoms with van der Waals surface area (Å²) in [5.41, 5.74) is 4.02. The standard InChI is InChI=1S/C13H14BrN3O4/c1-2-13(7-18)9(19)5-10(21-13)17-6-8(3-4-14)11(15)16-12(17)20/h1,3-4,6,9-10,18-19H,5,7H2,(H2,15,16,20)/t9?,10-,13-/m1/s1. The van der Waals surface area contributed by atoms with Gasteiger partial charge in [-0.3, -0.25) is 4.57 Å². The Kier molecular flexibility index (Phi) is 4.49. The highest BCUT2D eigenvalue weighted by Crippen LogP contribution is 2.35. The molecule has 8 heteroatoms. The van der Waals surface area contributed by atoms with Crippen LogP contribution in [0.1, 0.15) is 18.2 Å². The molecule has 2 rings (SSSR count). The average Bonchev–Trinajstić information content (AvgIpc) is 2.79. The van der Waals surface area contributed by atoms with Crippen LogP contribution in [0.5, 0.6) is 0 Å². The van der Waals surface area contributed by atoms with Gasteiger partial charge in [0.2, 0.25) is 0 Å². The molecule has 0 amide bonds. The first-order valence-electron chi connectivity index (χ1n) is 6.07. The third-order valence-electron chi connectivity index (χ3n) is 3.35. The molecule has 1 aliphatic heterocycles. The number of aliphatic hydroxyl groups is 2. The molecule has 0 saturated carbocycles. The zero-order valence-corrected chi connectivity index (χ0v) is 12.5. The molecule has 7 nitrogen and oxygen atoms in total. The quantitative estimate of drug-likeness (QED) is 0.649. The van der Waals surface area contributed by atoms with Gasteiger partial charge in [0.1, 0.15) is 18.1 Å². The molecule has 0 spiro atoms. The van der Waals surface area contributed by atoms with Gasteiger partial charge in [0.05, 0.1) is 6.61 Å². The summed E-state index contributed by atoms with van der Waals surface area (Å²) in [6.45, 7) is -0.549. The fourth-order valence-electron chi connectivity index (χ4n) is 2.14. The summed E-state index contributed by atoms with van der Waals surface area (Å²) in [6, 6.07) is 0. The Morgan fingerprint density at radius 2 is 2.48 bits per heavy atom. The van der Waals surface area contributed by atoms with E-state index in [0.717, 1.165) is 0 Å². The Balaban J connectivity index is 2.43. The highest BCUT2D eigenvalue weighted by molar-refractivity contribution is 9.11. The minimum absolute atomic E-state index is 0.0632. The van der Waals surface area contributed by atoms with E-state index in [1.807, 2.05) is 0 Å². The van der Waals surface area contributed by atoms with Crippen LogP contribution in [0.4, 0.5) is 5.82 Å². The van der Waals surface area contributed by atoms with Crippen LogP contribution in [0.15, 0.2) is 16.0 Å². The average molecular weight is 356 g/mol. The van der Waals surface area contributed by atoms with Crippen molar-refractivity contribution in [2.75, 3.05) is 12.3 Å². The van der Waals surface area contributed by atoms with Gasteiger partial charge in [-0.25, -0.2) is 4.79 Å². The first-order chi connectivity index (χ1) is 9.97. The lowest BCUT2D eigenvalue weighted by Crippen LogP contribution is -2.41. The maximum atomic E-state index is 11.9. The number of hydrogen-bond donors (Lipinski definition) is 3. The Labute approximate surface area is 129 Å². The van der Waals surface area contributed by atoms with E-state index in [0.29, 0.717) is 5.56 Å². The molecule has 1 aromatic heterocycles. The van der Waals surface area contributed by atoms with Crippen molar-refractivity contribution in [1.29, 1.82) is 0 Å². The number of nitrogens with two attached hydrogens (primary N) is 1. The summed E-state index contributed by atoms with van der Waals surface area (Å²) in [7, 11) is 0. The van der Waals surface area contributed by atoms with Crippen molar-refractivity contribution in [1.82, 2.24) is 9.55 Å². The molecule has 4 N–H and O–H groups in total. The predicted molar refractivity (Wildman–Crippen MR) is 80.3 cm³/mol. The number of anilines is 1. The minimum Gasteiger partial charge on any atom is -0.392 e. The molecule has 112 valence electrons. The Morgan fingerprint density at radius 1 is 1.76 bits per heavy atom. The zero-order chi connectivity index (χ0) is 15.6. The van der Waals surface area contributed by atoms with E-state index in [1.54, 1.807) is 11.1 Å². The molecule has 0 aliphatic carbocycles. The number of aliphatic hydroxyl groups excluding tert-OH is 2. The predicted octanol–water partition coefficient (Wildman–Crippen LogP) is -0.165. The van der Waals surface area contributed by atoms with Crippen molar-refractivity contribution in [3.63, 3.8) is 0 Å². The molecule has 0 radical (unpaired) electrons. The second-order valence-electron chi connectivity index (χ2n) is 4.58. The van der Waals surface area contributed by atoms with Crippen LogP contribution >= 0.6 is 15.9 Å². The summed E-state index contributed by atoms with van der Waals surface area (Å²) >= 11 is 3.11. The van der Waals surface area contributed by atoms with Gasteiger partial charge in [0.25, 0.3) is 0 Å². The van der Waals surface area contributed by atoms with Gasteiger partial charge in [0, 0.05) is 18.2 Å². The van der Waals surface area contributed by atoms with Crippen LogP contribution in [-0.2, 0) is 4.74 Å². The minimum atomic E-state index is -1.52. The number of rotatable bonds is 3. The van der Waals surface area contributed by atoms with Crippen molar-refractivity contribution >= 4 is 27.8 Å². The number of ether oxygens (including phenoxy) is 1. The summed E-state index contributed by atoms with van der Waals surface area (Å²) in [5, 5.41) is 19.3.